The lowest BCUT2D eigenvalue weighted by molar-refractivity contribution is 0.0698. The Balaban J connectivity index is 1.71. The van der Waals surface area contributed by atoms with Gasteiger partial charge in [0.15, 0.2) is 11.5 Å². The zero-order valence-corrected chi connectivity index (χ0v) is 16.0. The second-order valence-corrected chi connectivity index (χ2v) is 6.13. The standard InChI is InChI=1S/C23H22N2O4/c1-2-28-22-14-18(12-13-21(22)29-16-17-8-4-3-5-9-17)15-24-25-20-11-7-6-10-19(20)23(26)27/h3-15,25H,2,16H2,1H3,(H,26,27). The normalized spacial score (nSPS) is 10.7. The molecule has 0 fully saturated rings. The van der Waals surface area contributed by atoms with Crippen molar-refractivity contribution in [2.24, 2.45) is 5.10 Å². The second-order valence-electron chi connectivity index (χ2n) is 6.13. The van der Waals surface area contributed by atoms with E-state index in [1.54, 1.807) is 24.4 Å². The molecule has 0 unspecified atom stereocenters. The summed E-state index contributed by atoms with van der Waals surface area (Å²) in [6, 6.07) is 22.0. The molecule has 0 radical (unpaired) electrons. The van der Waals surface area contributed by atoms with Gasteiger partial charge in [0.25, 0.3) is 0 Å². The first-order valence-electron chi connectivity index (χ1n) is 9.22. The minimum absolute atomic E-state index is 0.157. The molecule has 3 aromatic carbocycles. The van der Waals surface area contributed by atoms with Crippen molar-refractivity contribution in [3.63, 3.8) is 0 Å². The largest absolute Gasteiger partial charge is 0.490 e. The lowest BCUT2D eigenvalue weighted by Crippen LogP contribution is -2.02. The maximum Gasteiger partial charge on any atom is 0.337 e. The maximum absolute atomic E-state index is 11.3. The molecular weight excluding hydrogens is 368 g/mol. The van der Waals surface area contributed by atoms with Gasteiger partial charge in [-0.15, -0.1) is 0 Å². The van der Waals surface area contributed by atoms with Crippen LogP contribution >= 0.6 is 0 Å². The highest BCUT2D eigenvalue weighted by Gasteiger charge is 2.08. The van der Waals surface area contributed by atoms with Gasteiger partial charge in [0.05, 0.1) is 24.1 Å². The summed E-state index contributed by atoms with van der Waals surface area (Å²) in [6.45, 7) is 2.86. The monoisotopic (exact) mass is 390 g/mol. The number of hydrazone groups is 1. The molecule has 0 spiro atoms. The van der Waals surface area contributed by atoms with Gasteiger partial charge in [-0.25, -0.2) is 4.79 Å². The van der Waals surface area contributed by atoms with Crippen LogP contribution < -0.4 is 14.9 Å². The van der Waals surface area contributed by atoms with Gasteiger partial charge in [0.1, 0.15) is 6.61 Å². The fourth-order valence-corrected chi connectivity index (χ4v) is 2.67. The van der Waals surface area contributed by atoms with Crippen LogP contribution in [0, 0.1) is 0 Å². The Labute approximate surface area is 169 Å². The first kappa shape index (κ1) is 19.9. The molecule has 3 rings (SSSR count). The van der Waals surface area contributed by atoms with Crippen LogP contribution in [-0.2, 0) is 6.61 Å². The molecule has 6 heteroatoms. The van der Waals surface area contributed by atoms with E-state index in [4.69, 9.17) is 9.47 Å². The summed E-state index contributed by atoms with van der Waals surface area (Å²) < 4.78 is 11.6. The van der Waals surface area contributed by atoms with Crippen molar-refractivity contribution in [3.8, 4) is 11.5 Å². The molecule has 0 heterocycles. The fourth-order valence-electron chi connectivity index (χ4n) is 2.67. The number of nitrogens with zero attached hydrogens (tertiary/aromatic N) is 1. The first-order valence-corrected chi connectivity index (χ1v) is 9.22. The third-order valence-electron chi connectivity index (χ3n) is 4.06. The minimum atomic E-state index is -1.01. The number of anilines is 1. The number of aromatic carboxylic acids is 1. The van der Waals surface area contributed by atoms with E-state index < -0.39 is 5.97 Å². The molecule has 6 nitrogen and oxygen atoms in total. The number of hydrogen-bond donors (Lipinski definition) is 2. The van der Waals surface area contributed by atoms with Crippen LogP contribution in [0.3, 0.4) is 0 Å². The fraction of sp³-hybridized carbons (Fsp3) is 0.130. The first-order chi connectivity index (χ1) is 14.2. The predicted molar refractivity (Wildman–Crippen MR) is 113 cm³/mol. The van der Waals surface area contributed by atoms with Crippen LogP contribution in [0.4, 0.5) is 5.69 Å². The third kappa shape index (κ3) is 5.59. The molecular formula is C23H22N2O4. The predicted octanol–water partition coefficient (Wildman–Crippen LogP) is 4.81. The lowest BCUT2D eigenvalue weighted by atomic mass is 10.2. The Morgan fingerprint density at radius 2 is 1.76 bits per heavy atom. The van der Waals surface area contributed by atoms with E-state index in [-0.39, 0.29) is 5.56 Å². The molecule has 0 bridgehead atoms. The average Bonchev–Trinajstić information content (AvgIpc) is 2.74. The molecule has 148 valence electrons. The quantitative estimate of drug-likeness (QED) is 0.405. The number of hydrogen-bond acceptors (Lipinski definition) is 5. The Morgan fingerprint density at radius 1 is 1.00 bits per heavy atom. The van der Waals surface area contributed by atoms with Gasteiger partial charge in [0, 0.05) is 0 Å². The SMILES string of the molecule is CCOc1cc(C=NNc2ccccc2C(=O)O)ccc1OCc1ccccc1. The highest BCUT2D eigenvalue weighted by atomic mass is 16.5. The Bertz CT molecular complexity index is 987. The van der Waals surface area contributed by atoms with Crippen molar-refractivity contribution in [1.82, 2.24) is 0 Å². The van der Waals surface area contributed by atoms with E-state index >= 15 is 0 Å². The zero-order valence-electron chi connectivity index (χ0n) is 16.0. The van der Waals surface area contributed by atoms with Crippen LogP contribution in [0.1, 0.15) is 28.4 Å². The van der Waals surface area contributed by atoms with Crippen LogP contribution in [0.5, 0.6) is 11.5 Å². The molecule has 0 saturated heterocycles. The van der Waals surface area contributed by atoms with E-state index in [0.717, 1.165) is 11.1 Å². The number of carboxylic acid groups (broad SMARTS) is 1. The number of benzene rings is 3. The molecule has 0 aliphatic carbocycles. The molecule has 0 amide bonds. The number of para-hydroxylation sites is 1. The van der Waals surface area contributed by atoms with E-state index in [2.05, 4.69) is 10.5 Å². The molecule has 0 aliphatic rings. The smallest absolute Gasteiger partial charge is 0.337 e. The summed E-state index contributed by atoms with van der Waals surface area (Å²) in [5.74, 6) is 0.261. The highest BCUT2D eigenvalue weighted by Crippen LogP contribution is 2.29. The van der Waals surface area contributed by atoms with Gasteiger partial charge in [-0.3, -0.25) is 5.43 Å². The van der Waals surface area contributed by atoms with E-state index in [9.17, 15) is 9.90 Å². The number of rotatable bonds is 9. The lowest BCUT2D eigenvalue weighted by Gasteiger charge is -2.12. The summed E-state index contributed by atoms with van der Waals surface area (Å²) >= 11 is 0. The third-order valence-corrected chi connectivity index (χ3v) is 4.06. The Morgan fingerprint density at radius 3 is 2.52 bits per heavy atom. The van der Waals surface area contributed by atoms with Gasteiger partial charge in [0.2, 0.25) is 0 Å². The molecule has 2 N–H and O–H groups in total. The summed E-state index contributed by atoms with van der Waals surface area (Å²) in [5, 5.41) is 13.4. The number of nitrogens with one attached hydrogen (secondary N) is 1. The summed E-state index contributed by atoms with van der Waals surface area (Å²) in [7, 11) is 0. The highest BCUT2D eigenvalue weighted by molar-refractivity contribution is 5.94. The maximum atomic E-state index is 11.3. The zero-order chi connectivity index (χ0) is 20.5. The van der Waals surface area contributed by atoms with Crippen molar-refractivity contribution in [1.29, 1.82) is 0 Å². The molecule has 0 saturated carbocycles. The number of carboxylic acids is 1. The van der Waals surface area contributed by atoms with Crippen LogP contribution in [0.15, 0.2) is 77.9 Å². The molecule has 0 aromatic heterocycles. The summed E-state index contributed by atoms with van der Waals surface area (Å²) in [5.41, 5.74) is 5.21. The topological polar surface area (TPSA) is 80.2 Å². The average molecular weight is 390 g/mol. The summed E-state index contributed by atoms with van der Waals surface area (Å²) in [4.78, 5) is 11.3. The van der Waals surface area contributed by atoms with Gasteiger partial charge >= 0.3 is 5.97 Å². The molecule has 3 aromatic rings. The molecule has 0 atom stereocenters. The molecule has 0 aliphatic heterocycles. The van der Waals surface area contributed by atoms with Crippen molar-refractivity contribution < 1.29 is 19.4 Å². The van der Waals surface area contributed by atoms with Crippen molar-refractivity contribution in [2.45, 2.75) is 13.5 Å². The van der Waals surface area contributed by atoms with Gasteiger partial charge in [-0.05, 0) is 48.4 Å². The van der Waals surface area contributed by atoms with Gasteiger partial charge in [-0.1, -0.05) is 42.5 Å². The second kappa shape index (κ2) is 9.94. The van der Waals surface area contributed by atoms with Crippen molar-refractivity contribution in [3.05, 3.63) is 89.5 Å². The summed E-state index contributed by atoms with van der Waals surface area (Å²) in [6.07, 6.45) is 1.60. The van der Waals surface area contributed by atoms with E-state index in [0.29, 0.717) is 30.4 Å². The van der Waals surface area contributed by atoms with Crippen molar-refractivity contribution in [2.75, 3.05) is 12.0 Å². The Kier molecular flexibility index (Phi) is 6.84. The number of carbonyl (C=O) groups is 1. The minimum Gasteiger partial charge on any atom is -0.490 e. The Hall–Kier alpha value is -3.80. The van der Waals surface area contributed by atoms with E-state index in [1.807, 2.05) is 55.5 Å². The van der Waals surface area contributed by atoms with E-state index in [1.165, 1.54) is 6.07 Å². The molecule has 29 heavy (non-hydrogen) atoms. The van der Waals surface area contributed by atoms with Crippen molar-refractivity contribution >= 4 is 17.9 Å². The van der Waals surface area contributed by atoms with Crippen LogP contribution in [-0.4, -0.2) is 23.9 Å². The van der Waals surface area contributed by atoms with Gasteiger partial charge < -0.3 is 14.6 Å². The van der Waals surface area contributed by atoms with Crippen LogP contribution in [0.25, 0.3) is 0 Å². The number of ether oxygens (including phenoxy) is 2. The van der Waals surface area contributed by atoms with Crippen LogP contribution in [0.2, 0.25) is 0 Å². The van der Waals surface area contributed by atoms with Gasteiger partial charge in [-0.2, -0.15) is 5.10 Å².